The van der Waals surface area contributed by atoms with Crippen molar-refractivity contribution in [3.05, 3.63) is 128 Å². The lowest BCUT2D eigenvalue weighted by atomic mass is 10.1. The zero-order valence-corrected chi connectivity index (χ0v) is 22.7. The highest BCUT2D eigenvalue weighted by molar-refractivity contribution is 6.40. The Morgan fingerprint density at radius 1 is 0.818 bits per heavy atom. The summed E-state index contributed by atoms with van der Waals surface area (Å²) in [7, 11) is 0. The molecule has 14 heteroatoms. The SMILES string of the molecule is O=C(COC(=O)c1ccc2c(c1)C(=O)N(c1cc(C(F)(F)F)ccc1Cl)C2=O)c1ccc(Oc2ccc([N+](=O)[O-])cc2)cc1. The second-order valence-corrected chi connectivity index (χ2v) is 9.65. The van der Waals surface area contributed by atoms with E-state index in [1.165, 1.54) is 54.6 Å². The van der Waals surface area contributed by atoms with Gasteiger partial charge in [-0.15, -0.1) is 0 Å². The van der Waals surface area contributed by atoms with E-state index in [0.717, 1.165) is 18.2 Å². The van der Waals surface area contributed by atoms with E-state index in [1.54, 1.807) is 0 Å². The van der Waals surface area contributed by atoms with Crippen LogP contribution in [0.15, 0.2) is 84.9 Å². The Morgan fingerprint density at radius 3 is 2.02 bits per heavy atom. The van der Waals surface area contributed by atoms with E-state index in [9.17, 15) is 42.5 Å². The monoisotopic (exact) mass is 624 g/mol. The first kappa shape index (κ1) is 29.9. The molecule has 0 saturated carbocycles. The molecule has 1 heterocycles. The number of hydrogen-bond donors (Lipinski definition) is 0. The van der Waals surface area contributed by atoms with Gasteiger partial charge in [0.15, 0.2) is 12.4 Å². The number of ether oxygens (including phenoxy) is 2. The van der Waals surface area contributed by atoms with Gasteiger partial charge >= 0.3 is 12.1 Å². The fourth-order valence-electron chi connectivity index (χ4n) is 4.23. The molecule has 1 aliphatic heterocycles. The van der Waals surface area contributed by atoms with Gasteiger partial charge in [-0.2, -0.15) is 13.2 Å². The van der Waals surface area contributed by atoms with Crippen LogP contribution in [0.5, 0.6) is 11.5 Å². The molecule has 0 spiro atoms. The van der Waals surface area contributed by atoms with Crippen molar-refractivity contribution in [3.8, 4) is 11.5 Å². The second kappa shape index (κ2) is 11.6. The Bertz CT molecular complexity index is 1840. The minimum atomic E-state index is -4.75. The van der Waals surface area contributed by atoms with Crippen molar-refractivity contribution in [1.29, 1.82) is 0 Å². The highest BCUT2D eigenvalue weighted by Gasteiger charge is 2.40. The topological polar surface area (TPSA) is 133 Å². The van der Waals surface area contributed by atoms with E-state index in [4.69, 9.17) is 21.1 Å². The molecule has 222 valence electrons. The number of Topliss-reactive ketones (excluding diaryl/α,β-unsaturated/α-hetero) is 1. The number of nitrogens with zero attached hydrogens (tertiary/aromatic N) is 2. The fourth-order valence-corrected chi connectivity index (χ4v) is 4.43. The summed E-state index contributed by atoms with van der Waals surface area (Å²) >= 11 is 6.02. The minimum Gasteiger partial charge on any atom is -0.457 e. The molecule has 5 rings (SSSR count). The number of fused-ring (bicyclic) bond motifs is 1. The zero-order valence-electron chi connectivity index (χ0n) is 22.0. The van der Waals surface area contributed by atoms with Crippen LogP contribution >= 0.6 is 11.6 Å². The van der Waals surface area contributed by atoms with E-state index in [-0.39, 0.29) is 33.0 Å². The van der Waals surface area contributed by atoms with Crippen LogP contribution in [-0.2, 0) is 10.9 Å². The largest absolute Gasteiger partial charge is 0.457 e. The molecule has 0 unspecified atom stereocenters. The average molecular weight is 625 g/mol. The van der Waals surface area contributed by atoms with Crippen molar-refractivity contribution >= 4 is 46.5 Å². The van der Waals surface area contributed by atoms with E-state index >= 15 is 0 Å². The number of benzene rings is 4. The smallest absolute Gasteiger partial charge is 0.416 e. The van der Waals surface area contributed by atoms with Gasteiger partial charge in [-0.05, 0) is 72.8 Å². The molecule has 10 nitrogen and oxygen atoms in total. The number of ketones is 1. The number of non-ortho nitro benzene ring substituents is 1. The molecular formula is C30H16ClF3N2O8. The van der Waals surface area contributed by atoms with Gasteiger partial charge in [-0.1, -0.05) is 11.6 Å². The number of alkyl halides is 3. The molecule has 4 aromatic rings. The maximum absolute atomic E-state index is 13.2. The van der Waals surface area contributed by atoms with Crippen molar-refractivity contribution in [2.45, 2.75) is 6.18 Å². The highest BCUT2D eigenvalue weighted by atomic mass is 35.5. The normalized spacial score (nSPS) is 12.6. The number of nitro benzene ring substituents is 1. The first-order chi connectivity index (χ1) is 20.8. The molecule has 0 aliphatic carbocycles. The van der Waals surface area contributed by atoms with Crippen LogP contribution in [0.3, 0.4) is 0 Å². The highest BCUT2D eigenvalue weighted by Crippen LogP contribution is 2.38. The van der Waals surface area contributed by atoms with Crippen LogP contribution in [0.2, 0.25) is 5.02 Å². The molecule has 44 heavy (non-hydrogen) atoms. The summed E-state index contributed by atoms with van der Waals surface area (Å²) in [5, 5.41) is 10.5. The Balaban J connectivity index is 1.24. The van der Waals surface area contributed by atoms with Crippen molar-refractivity contribution in [3.63, 3.8) is 0 Å². The first-order valence-corrected chi connectivity index (χ1v) is 12.8. The Kier molecular flexibility index (Phi) is 7.89. The number of halogens is 4. The summed E-state index contributed by atoms with van der Waals surface area (Å²) in [6, 6.07) is 16.8. The predicted octanol–water partition coefficient (Wildman–Crippen LogP) is 6.90. The van der Waals surface area contributed by atoms with Crippen LogP contribution in [0.25, 0.3) is 0 Å². The van der Waals surface area contributed by atoms with Crippen LogP contribution < -0.4 is 9.64 Å². The molecular weight excluding hydrogens is 609 g/mol. The number of carbonyl (C=O) groups is 4. The van der Waals surface area contributed by atoms with Gasteiger partial charge in [-0.25, -0.2) is 9.69 Å². The van der Waals surface area contributed by atoms with Gasteiger partial charge in [0.05, 0.1) is 37.9 Å². The predicted molar refractivity (Wildman–Crippen MR) is 148 cm³/mol. The summed E-state index contributed by atoms with van der Waals surface area (Å²) in [6.45, 7) is -0.669. The van der Waals surface area contributed by atoms with E-state index < -0.39 is 52.5 Å². The quantitative estimate of drug-likeness (QED) is 0.0680. The number of rotatable bonds is 8. The zero-order chi connectivity index (χ0) is 31.8. The van der Waals surface area contributed by atoms with E-state index in [2.05, 4.69) is 0 Å². The maximum atomic E-state index is 13.2. The fraction of sp³-hybridized carbons (Fsp3) is 0.0667. The van der Waals surface area contributed by atoms with Crippen molar-refractivity contribution in [2.75, 3.05) is 11.5 Å². The van der Waals surface area contributed by atoms with Gasteiger partial charge in [0.1, 0.15) is 11.5 Å². The second-order valence-electron chi connectivity index (χ2n) is 9.25. The van der Waals surface area contributed by atoms with Gasteiger partial charge in [-0.3, -0.25) is 24.5 Å². The van der Waals surface area contributed by atoms with E-state index in [1.807, 2.05) is 0 Å². The molecule has 0 atom stereocenters. The first-order valence-electron chi connectivity index (χ1n) is 12.5. The van der Waals surface area contributed by atoms with Gasteiger partial charge in [0, 0.05) is 17.7 Å². The Labute approximate surface area is 250 Å². The maximum Gasteiger partial charge on any atom is 0.416 e. The molecule has 1 aliphatic rings. The molecule has 2 amide bonds. The number of imide groups is 1. The van der Waals surface area contributed by atoms with Crippen LogP contribution in [-0.4, -0.2) is 35.1 Å². The van der Waals surface area contributed by atoms with Crippen molar-refractivity contribution < 1.29 is 46.7 Å². The Morgan fingerprint density at radius 2 is 1.41 bits per heavy atom. The lowest BCUT2D eigenvalue weighted by Crippen LogP contribution is -2.30. The number of esters is 1. The third-order valence-electron chi connectivity index (χ3n) is 6.43. The third-order valence-corrected chi connectivity index (χ3v) is 6.75. The number of anilines is 1. The van der Waals surface area contributed by atoms with Crippen LogP contribution in [0.4, 0.5) is 24.5 Å². The molecule has 0 radical (unpaired) electrons. The number of carbonyl (C=O) groups excluding carboxylic acids is 4. The summed E-state index contributed by atoms with van der Waals surface area (Å²) in [5.41, 5.74) is -2.10. The van der Waals surface area contributed by atoms with Gasteiger partial charge in [0.25, 0.3) is 17.5 Å². The molecule has 4 aromatic carbocycles. The number of amides is 2. The standard InChI is InChI=1S/C30H16ClF3N2O8/c31-24-12-4-18(30(32,33)34)14-25(24)35-27(38)22-11-3-17(13-23(22)28(35)39)29(40)43-15-26(37)16-1-7-20(8-2-16)44-21-9-5-19(6-10-21)36(41)42/h1-14H,15H2. The van der Waals surface area contributed by atoms with Crippen molar-refractivity contribution in [2.24, 2.45) is 0 Å². The Hall–Kier alpha value is -5.56. The van der Waals surface area contributed by atoms with E-state index in [0.29, 0.717) is 28.5 Å². The summed E-state index contributed by atoms with van der Waals surface area (Å²) in [5.74, 6) is -2.81. The average Bonchev–Trinajstić information content (AvgIpc) is 3.24. The summed E-state index contributed by atoms with van der Waals surface area (Å²) in [4.78, 5) is 61.9. The third kappa shape index (κ3) is 5.99. The van der Waals surface area contributed by atoms with Crippen LogP contribution in [0, 0.1) is 10.1 Å². The number of hydrogen-bond acceptors (Lipinski definition) is 8. The van der Waals surface area contributed by atoms with Gasteiger partial charge < -0.3 is 9.47 Å². The lowest BCUT2D eigenvalue weighted by Gasteiger charge is -2.17. The molecule has 0 saturated heterocycles. The summed E-state index contributed by atoms with van der Waals surface area (Å²) < 4.78 is 50.3. The minimum absolute atomic E-state index is 0.102. The van der Waals surface area contributed by atoms with Gasteiger partial charge in [0.2, 0.25) is 0 Å². The molecule has 0 N–H and O–H groups in total. The molecule has 0 fully saturated rings. The lowest BCUT2D eigenvalue weighted by molar-refractivity contribution is -0.384. The molecule has 0 bridgehead atoms. The molecule has 0 aromatic heterocycles. The summed E-state index contributed by atoms with van der Waals surface area (Å²) in [6.07, 6.45) is -4.75. The van der Waals surface area contributed by atoms with Crippen molar-refractivity contribution in [1.82, 2.24) is 0 Å². The number of nitro groups is 1. The van der Waals surface area contributed by atoms with Crippen LogP contribution in [0.1, 0.15) is 47.0 Å².